The standard InChI is InChI=1S/C14H23N3O7S/c1-3-24-12(20)6-16-13(21)10(7-25-8(2)18)17-11(19)5-4-9(15)14(22)23/h9-10H,3-7,15H2,1-2H3,(H,16,21)(H,17,19)(H,22,23). The molecule has 2 amide bonds. The number of rotatable bonds is 11. The second-order valence-electron chi connectivity index (χ2n) is 4.93. The maximum absolute atomic E-state index is 12.1. The SMILES string of the molecule is CCOC(=O)CNC(=O)C(CSC(C)=O)NC(=O)CCC(N)C(=O)O. The monoisotopic (exact) mass is 377 g/mol. The van der Waals surface area contributed by atoms with Crippen molar-refractivity contribution in [1.82, 2.24) is 10.6 Å². The van der Waals surface area contributed by atoms with Crippen LogP contribution in [0, 0.1) is 0 Å². The number of carboxylic acids is 1. The van der Waals surface area contributed by atoms with Crippen LogP contribution in [-0.4, -0.2) is 65.0 Å². The Kier molecular flexibility index (Phi) is 11.2. The summed E-state index contributed by atoms with van der Waals surface area (Å²) in [5.74, 6) is -3.13. The number of aliphatic carboxylic acids is 1. The molecule has 11 heteroatoms. The topological polar surface area (TPSA) is 165 Å². The van der Waals surface area contributed by atoms with Crippen LogP contribution in [0.2, 0.25) is 0 Å². The lowest BCUT2D eigenvalue weighted by Crippen LogP contribution is -2.49. The fourth-order valence-corrected chi connectivity index (χ4v) is 2.19. The van der Waals surface area contributed by atoms with Gasteiger partial charge in [-0.05, 0) is 13.3 Å². The van der Waals surface area contributed by atoms with Gasteiger partial charge in [0.05, 0.1) is 6.61 Å². The van der Waals surface area contributed by atoms with Gasteiger partial charge in [-0.1, -0.05) is 11.8 Å². The molecule has 0 radical (unpaired) electrons. The summed E-state index contributed by atoms with van der Waals surface area (Å²) in [6.45, 7) is 2.73. The van der Waals surface area contributed by atoms with Crippen molar-refractivity contribution in [3.63, 3.8) is 0 Å². The lowest BCUT2D eigenvalue weighted by molar-refractivity contribution is -0.143. The summed E-state index contributed by atoms with van der Waals surface area (Å²) in [5.41, 5.74) is 5.30. The molecule has 0 spiro atoms. The molecular formula is C14H23N3O7S. The number of nitrogens with two attached hydrogens (primary N) is 1. The Morgan fingerprint density at radius 2 is 1.88 bits per heavy atom. The van der Waals surface area contributed by atoms with Crippen LogP contribution >= 0.6 is 11.8 Å². The molecule has 0 bridgehead atoms. The molecule has 0 saturated heterocycles. The van der Waals surface area contributed by atoms with Gasteiger partial charge in [-0.25, -0.2) is 0 Å². The first-order valence-electron chi connectivity index (χ1n) is 7.51. The Labute approximate surface area is 149 Å². The van der Waals surface area contributed by atoms with Crippen LogP contribution < -0.4 is 16.4 Å². The van der Waals surface area contributed by atoms with E-state index in [9.17, 15) is 24.0 Å². The van der Waals surface area contributed by atoms with E-state index in [2.05, 4.69) is 15.4 Å². The molecule has 0 aromatic carbocycles. The van der Waals surface area contributed by atoms with Crippen LogP contribution in [0.5, 0.6) is 0 Å². The summed E-state index contributed by atoms with van der Waals surface area (Å²) in [6, 6.07) is -2.25. The van der Waals surface area contributed by atoms with E-state index in [0.29, 0.717) is 0 Å². The fraction of sp³-hybridized carbons (Fsp3) is 0.643. The fourth-order valence-electron chi connectivity index (χ4n) is 1.55. The summed E-state index contributed by atoms with van der Waals surface area (Å²) in [7, 11) is 0. The number of carbonyl (C=O) groups excluding carboxylic acids is 4. The number of nitrogens with one attached hydrogen (secondary N) is 2. The van der Waals surface area contributed by atoms with Crippen molar-refractivity contribution in [1.29, 1.82) is 0 Å². The summed E-state index contributed by atoms with van der Waals surface area (Å²) in [5, 5.41) is 13.1. The molecule has 0 aliphatic carbocycles. The van der Waals surface area contributed by atoms with Gasteiger partial charge in [0.15, 0.2) is 5.12 Å². The molecule has 0 heterocycles. The van der Waals surface area contributed by atoms with Crippen molar-refractivity contribution in [2.75, 3.05) is 18.9 Å². The van der Waals surface area contributed by atoms with Crippen molar-refractivity contribution in [2.24, 2.45) is 5.73 Å². The van der Waals surface area contributed by atoms with Crippen LogP contribution in [0.4, 0.5) is 0 Å². The second kappa shape index (κ2) is 12.3. The van der Waals surface area contributed by atoms with Gasteiger partial charge in [0, 0.05) is 19.1 Å². The Balaban J connectivity index is 4.61. The van der Waals surface area contributed by atoms with Gasteiger partial charge in [-0.15, -0.1) is 0 Å². The van der Waals surface area contributed by atoms with Crippen LogP contribution in [-0.2, 0) is 28.7 Å². The molecule has 0 rings (SSSR count). The van der Waals surface area contributed by atoms with E-state index in [1.165, 1.54) is 6.92 Å². The van der Waals surface area contributed by atoms with Crippen LogP contribution in [0.1, 0.15) is 26.7 Å². The van der Waals surface area contributed by atoms with Crippen LogP contribution in [0.3, 0.4) is 0 Å². The van der Waals surface area contributed by atoms with Crippen molar-refractivity contribution in [2.45, 2.75) is 38.8 Å². The molecule has 0 aliphatic rings. The van der Waals surface area contributed by atoms with E-state index < -0.39 is 35.8 Å². The first kappa shape index (κ1) is 22.9. The summed E-state index contributed by atoms with van der Waals surface area (Å²) in [6.07, 6.45) is -0.294. The molecule has 0 aliphatic heterocycles. The highest BCUT2D eigenvalue weighted by Gasteiger charge is 2.23. The van der Waals surface area contributed by atoms with Gasteiger partial charge < -0.3 is 26.2 Å². The number of esters is 1. The van der Waals surface area contributed by atoms with E-state index in [4.69, 9.17) is 10.8 Å². The van der Waals surface area contributed by atoms with E-state index >= 15 is 0 Å². The molecule has 0 saturated carbocycles. The zero-order valence-electron chi connectivity index (χ0n) is 14.1. The van der Waals surface area contributed by atoms with E-state index in [1.54, 1.807) is 6.92 Å². The average Bonchev–Trinajstić information content (AvgIpc) is 2.54. The minimum absolute atomic E-state index is 0.0271. The number of carbonyl (C=O) groups is 5. The number of hydrogen-bond donors (Lipinski definition) is 4. The van der Waals surface area contributed by atoms with Crippen LogP contribution in [0.25, 0.3) is 0 Å². The molecule has 0 fully saturated rings. The number of hydrogen-bond acceptors (Lipinski definition) is 8. The smallest absolute Gasteiger partial charge is 0.325 e. The third-order valence-electron chi connectivity index (χ3n) is 2.82. The van der Waals surface area contributed by atoms with Gasteiger partial charge >= 0.3 is 11.9 Å². The molecule has 142 valence electrons. The third-order valence-corrected chi connectivity index (χ3v) is 3.72. The Morgan fingerprint density at radius 3 is 2.40 bits per heavy atom. The van der Waals surface area contributed by atoms with E-state index in [0.717, 1.165) is 11.8 Å². The summed E-state index contributed by atoms with van der Waals surface area (Å²) >= 11 is 0.834. The molecule has 5 N–H and O–H groups in total. The largest absolute Gasteiger partial charge is 0.480 e. The minimum Gasteiger partial charge on any atom is -0.480 e. The van der Waals surface area contributed by atoms with Gasteiger partial charge in [0.2, 0.25) is 11.8 Å². The van der Waals surface area contributed by atoms with Crippen molar-refractivity contribution >= 4 is 40.6 Å². The van der Waals surface area contributed by atoms with Crippen molar-refractivity contribution < 1.29 is 33.8 Å². The first-order chi connectivity index (χ1) is 11.7. The number of thioether (sulfide) groups is 1. The maximum Gasteiger partial charge on any atom is 0.325 e. The maximum atomic E-state index is 12.1. The zero-order valence-corrected chi connectivity index (χ0v) is 14.9. The summed E-state index contributed by atoms with van der Waals surface area (Å²) < 4.78 is 4.67. The molecule has 2 atom stereocenters. The molecular weight excluding hydrogens is 354 g/mol. The van der Waals surface area contributed by atoms with E-state index in [1.807, 2.05) is 0 Å². The highest BCUT2D eigenvalue weighted by Crippen LogP contribution is 2.05. The minimum atomic E-state index is -1.23. The van der Waals surface area contributed by atoms with Gasteiger partial charge in [0.25, 0.3) is 0 Å². The summed E-state index contributed by atoms with van der Waals surface area (Å²) in [4.78, 5) is 56.8. The second-order valence-corrected chi connectivity index (χ2v) is 6.13. The molecule has 0 aromatic heterocycles. The van der Waals surface area contributed by atoms with Gasteiger partial charge in [0.1, 0.15) is 18.6 Å². The quantitative estimate of drug-likeness (QED) is 0.318. The molecule has 25 heavy (non-hydrogen) atoms. The highest BCUT2D eigenvalue weighted by atomic mass is 32.2. The van der Waals surface area contributed by atoms with Gasteiger partial charge in [-0.3, -0.25) is 24.0 Å². The third kappa shape index (κ3) is 11.1. The first-order valence-corrected chi connectivity index (χ1v) is 8.50. The number of amides is 2. The van der Waals surface area contributed by atoms with Crippen molar-refractivity contribution in [3.05, 3.63) is 0 Å². The molecule has 0 aromatic rings. The normalized spacial score (nSPS) is 12.6. The van der Waals surface area contributed by atoms with Crippen molar-refractivity contribution in [3.8, 4) is 0 Å². The predicted molar refractivity (Wildman–Crippen MR) is 89.6 cm³/mol. The molecule has 2 unspecified atom stereocenters. The lowest BCUT2D eigenvalue weighted by atomic mass is 10.1. The Bertz CT molecular complexity index is 513. The average molecular weight is 377 g/mol. The zero-order chi connectivity index (χ0) is 19.4. The number of ether oxygens (including phenoxy) is 1. The van der Waals surface area contributed by atoms with Crippen LogP contribution in [0.15, 0.2) is 0 Å². The number of carboxylic acid groups (broad SMARTS) is 1. The van der Waals surface area contributed by atoms with E-state index in [-0.39, 0.29) is 36.9 Å². The Morgan fingerprint density at radius 1 is 1.24 bits per heavy atom. The molecule has 10 nitrogen and oxygen atoms in total. The predicted octanol–water partition coefficient (Wildman–Crippen LogP) is -1.38. The van der Waals surface area contributed by atoms with Gasteiger partial charge in [-0.2, -0.15) is 0 Å². The lowest BCUT2D eigenvalue weighted by Gasteiger charge is -2.18. The Hall–Kier alpha value is -2.14. The highest BCUT2D eigenvalue weighted by molar-refractivity contribution is 8.13.